The fourth-order valence-corrected chi connectivity index (χ4v) is 7.59. The van der Waals surface area contributed by atoms with Crippen LogP contribution in [0.5, 0.6) is 0 Å². The molecular formula is C7H14Si3. The molecule has 1 rings (SSSR count). The lowest BCUT2D eigenvalue weighted by Crippen LogP contribution is -2.06. The summed E-state index contributed by atoms with van der Waals surface area (Å²) in [6, 6.07) is 12.4. The van der Waals surface area contributed by atoms with Crippen molar-refractivity contribution in [1.82, 2.24) is 0 Å². The molecule has 0 unspecified atom stereocenters. The third kappa shape index (κ3) is 2.64. The average molecular weight is 182 g/mol. The Hall–Kier alpha value is -0.129. The first kappa shape index (κ1) is 7.97. The van der Waals surface area contributed by atoms with Gasteiger partial charge in [-0.1, -0.05) is 35.9 Å². The summed E-state index contributed by atoms with van der Waals surface area (Å²) in [4.78, 5) is 0. The Morgan fingerprint density at radius 1 is 1.20 bits per heavy atom. The van der Waals surface area contributed by atoms with Gasteiger partial charge in [-0.15, -0.1) is 0 Å². The quantitative estimate of drug-likeness (QED) is 0.511. The molecular weight excluding hydrogens is 168 g/mol. The Balaban J connectivity index is 2.43. The van der Waals surface area contributed by atoms with Crippen molar-refractivity contribution in [3.63, 3.8) is 0 Å². The number of hydrogen-bond acceptors (Lipinski definition) is 0. The van der Waals surface area contributed by atoms with E-state index in [9.17, 15) is 0 Å². The lowest BCUT2D eigenvalue weighted by Gasteiger charge is -1.95. The first-order valence-electron chi connectivity index (χ1n) is 3.97. The topological polar surface area (TPSA) is 0 Å². The smallest absolute Gasteiger partial charge is 0.0100 e. The standard InChI is InChI=1S/C7H14Si3/c8-10-9-6-7-4-2-1-3-5-7/h1-5H,6,9-10H2,8H3. The van der Waals surface area contributed by atoms with E-state index in [1.165, 1.54) is 6.04 Å². The average Bonchev–Trinajstić information content (AvgIpc) is 2.03. The molecule has 0 fully saturated rings. The van der Waals surface area contributed by atoms with Gasteiger partial charge in [0.15, 0.2) is 0 Å². The van der Waals surface area contributed by atoms with Crippen molar-refractivity contribution < 1.29 is 0 Å². The zero-order valence-electron chi connectivity index (χ0n) is 6.51. The predicted octanol–water partition coefficient (Wildman–Crippen LogP) is -1.28. The van der Waals surface area contributed by atoms with Gasteiger partial charge in [0.05, 0.1) is 0 Å². The molecule has 0 atom stereocenters. The van der Waals surface area contributed by atoms with Crippen molar-refractivity contribution >= 4 is 27.4 Å². The number of hydrogen-bond donors (Lipinski definition) is 0. The summed E-state index contributed by atoms with van der Waals surface area (Å²) in [6.07, 6.45) is 0. The maximum absolute atomic E-state index is 2.26. The summed E-state index contributed by atoms with van der Waals surface area (Å²) < 4.78 is 0. The highest BCUT2D eigenvalue weighted by Gasteiger charge is 1.88. The molecule has 0 saturated carbocycles. The Bertz CT molecular complexity index is 173. The van der Waals surface area contributed by atoms with Gasteiger partial charge in [-0.05, 0) is 24.4 Å². The van der Waals surface area contributed by atoms with Crippen LogP contribution in [0.3, 0.4) is 0 Å². The molecule has 54 valence electrons. The van der Waals surface area contributed by atoms with Crippen LogP contribution in [0.25, 0.3) is 0 Å². The molecule has 0 aliphatic heterocycles. The monoisotopic (exact) mass is 182 g/mol. The van der Waals surface area contributed by atoms with Crippen LogP contribution < -0.4 is 0 Å². The summed E-state index contributed by atoms with van der Waals surface area (Å²) in [5, 5.41) is 0. The minimum atomic E-state index is 0.424. The first-order chi connectivity index (χ1) is 4.93. The van der Waals surface area contributed by atoms with Crippen LogP contribution in [0.15, 0.2) is 30.3 Å². The van der Waals surface area contributed by atoms with E-state index in [2.05, 4.69) is 30.3 Å². The van der Waals surface area contributed by atoms with Crippen molar-refractivity contribution in [1.29, 1.82) is 0 Å². The first-order valence-corrected chi connectivity index (χ1v) is 14.6. The number of rotatable bonds is 3. The van der Waals surface area contributed by atoms with Gasteiger partial charge in [0.25, 0.3) is 0 Å². The fraction of sp³-hybridized carbons (Fsp3) is 0.143. The summed E-state index contributed by atoms with van der Waals surface area (Å²) in [5.74, 6) is 0. The van der Waals surface area contributed by atoms with Crippen LogP contribution in [-0.4, -0.2) is 27.4 Å². The molecule has 1 aromatic rings. The highest BCUT2D eigenvalue weighted by molar-refractivity contribution is 7.23. The van der Waals surface area contributed by atoms with Gasteiger partial charge in [0, 0.05) is 9.04 Å². The molecule has 0 aliphatic rings. The largest absolute Gasteiger partial charge is 0.0622 e. The highest BCUT2D eigenvalue weighted by atomic mass is 29.5. The van der Waals surface area contributed by atoms with Gasteiger partial charge >= 0.3 is 0 Å². The van der Waals surface area contributed by atoms with Crippen LogP contribution in [0.2, 0.25) is 0 Å². The molecule has 0 aliphatic carbocycles. The van der Waals surface area contributed by atoms with Crippen molar-refractivity contribution in [3.05, 3.63) is 35.9 Å². The zero-order chi connectivity index (χ0) is 7.23. The van der Waals surface area contributed by atoms with Crippen LogP contribution in [0.4, 0.5) is 0 Å². The molecule has 0 aromatic heterocycles. The van der Waals surface area contributed by atoms with Crippen LogP contribution >= 0.6 is 0 Å². The Morgan fingerprint density at radius 3 is 2.50 bits per heavy atom. The molecule has 0 spiro atoms. The van der Waals surface area contributed by atoms with E-state index in [-0.39, 0.29) is 0 Å². The van der Waals surface area contributed by atoms with Crippen molar-refractivity contribution in [2.45, 2.75) is 6.04 Å². The minimum absolute atomic E-state index is 0.424. The van der Waals surface area contributed by atoms with E-state index in [1.54, 1.807) is 15.3 Å². The van der Waals surface area contributed by atoms with Gasteiger partial charge in [-0.2, -0.15) is 0 Å². The zero-order valence-corrected chi connectivity index (χ0v) is 11.3. The molecule has 10 heavy (non-hydrogen) atoms. The van der Waals surface area contributed by atoms with Gasteiger partial charge in [0.1, 0.15) is 0 Å². The van der Waals surface area contributed by atoms with Gasteiger partial charge in [-0.3, -0.25) is 0 Å². The van der Waals surface area contributed by atoms with Gasteiger partial charge in [0.2, 0.25) is 0 Å². The van der Waals surface area contributed by atoms with E-state index in [0.29, 0.717) is 17.6 Å². The SMILES string of the molecule is [SiH3][SiH2][SiH2]Cc1ccccc1. The van der Waals surface area contributed by atoms with E-state index >= 15 is 0 Å². The molecule has 0 heterocycles. The normalized spacial score (nSPS) is 12.4. The summed E-state index contributed by atoms with van der Waals surface area (Å²) in [6.45, 7) is 0. The van der Waals surface area contributed by atoms with Crippen molar-refractivity contribution in [3.8, 4) is 0 Å². The fourth-order valence-electron chi connectivity index (χ4n) is 1.03. The van der Waals surface area contributed by atoms with Crippen LogP contribution in [0, 0.1) is 0 Å². The molecule has 0 bridgehead atoms. The lowest BCUT2D eigenvalue weighted by molar-refractivity contribution is 1.40. The van der Waals surface area contributed by atoms with E-state index in [0.717, 1.165) is 0 Å². The Morgan fingerprint density at radius 2 is 1.90 bits per heavy atom. The van der Waals surface area contributed by atoms with E-state index < -0.39 is 0 Å². The third-order valence-corrected chi connectivity index (χ3v) is 12.8. The Kier molecular flexibility index (Phi) is 3.71. The second-order valence-corrected chi connectivity index (χ2v) is 18.9. The van der Waals surface area contributed by atoms with E-state index in [4.69, 9.17) is 0 Å². The summed E-state index contributed by atoms with van der Waals surface area (Å²) >= 11 is 0. The molecule has 0 nitrogen and oxygen atoms in total. The molecule has 1 aromatic carbocycles. The molecule has 0 amide bonds. The second-order valence-electron chi connectivity index (χ2n) is 2.59. The Labute approximate surface area is 69.7 Å². The molecule has 3 heteroatoms. The minimum Gasteiger partial charge on any atom is -0.0622 e. The summed E-state index contributed by atoms with van der Waals surface area (Å²) in [5.41, 5.74) is 1.58. The summed E-state index contributed by atoms with van der Waals surface area (Å²) in [7, 11) is 2.52. The molecule has 0 saturated heterocycles. The highest BCUT2D eigenvalue weighted by Crippen LogP contribution is 1.96. The maximum Gasteiger partial charge on any atom is 0.0100 e. The second kappa shape index (κ2) is 4.65. The van der Waals surface area contributed by atoms with E-state index in [1.807, 2.05) is 0 Å². The van der Waals surface area contributed by atoms with Gasteiger partial charge < -0.3 is 0 Å². The van der Waals surface area contributed by atoms with Gasteiger partial charge in [-0.25, -0.2) is 0 Å². The number of benzene rings is 1. The van der Waals surface area contributed by atoms with Crippen molar-refractivity contribution in [2.75, 3.05) is 0 Å². The third-order valence-electron chi connectivity index (χ3n) is 1.66. The van der Waals surface area contributed by atoms with Crippen molar-refractivity contribution in [2.24, 2.45) is 0 Å². The van der Waals surface area contributed by atoms with Crippen LogP contribution in [0.1, 0.15) is 5.56 Å². The molecule has 0 radical (unpaired) electrons. The maximum atomic E-state index is 2.26. The predicted molar refractivity (Wildman–Crippen MR) is 57.2 cm³/mol. The van der Waals surface area contributed by atoms with Crippen LogP contribution in [-0.2, 0) is 6.04 Å². The lowest BCUT2D eigenvalue weighted by atomic mass is 10.2. The molecule has 0 N–H and O–H groups in total.